The summed E-state index contributed by atoms with van der Waals surface area (Å²) in [4.78, 5) is 0. The molecule has 0 bridgehead atoms. The molecule has 0 aromatic carbocycles. The third kappa shape index (κ3) is 6000. The van der Waals surface area contributed by atoms with Gasteiger partial charge >= 0.3 is 0 Å². The number of hydrogen-bond donors (Lipinski definition) is 0. The Labute approximate surface area is 145 Å². The van der Waals surface area contributed by atoms with Crippen LogP contribution in [0, 0.1) is 37.0 Å². The molecule has 0 saturated carbocycles. The second-order valence-corrected chi connectivity index (χ2v) is 11.7. The molecule has 0 unspecified atom stereocenters. The minimum absolute atomic E-state index is 0. The van der Waals surface area contributed by atoms with Crippen molar-refractivity contribution in [2.24, 2.45) is 16.2 Å². The molecule has 0 aromatic rings. The first-order valence-corrected chi connectivity index (χ1v) is 9.59. The van der Waals surface area contributed by atoms with E-state index in [1.165, 1.54) is 0 Å². The minimum atomic E-state index is 0. The van der Waals surface area contributed by atoms with Crippen molar-refractivity contribution in [2.45, 2.75) is 62.3 Å². The smallest absolute Gasteiger partial charge is 0 e. The van der Waals surface area contributed by atoms with Crippen LogP contribution in [-0.4, -0.2) is 20.0 Å². The van der Waals surface area contributed by atoms with Crippen LogP contribution in [-0.2, 0) is 18.6 Å². The summed E-state index contributed by atoms with van der Waals surface area (Å²) in [5, 5.41) is 0. The molecule has 0 heterocycles. The zero-order chi connectivity index (χ0) is 17.1. The number of hydrogen-bond acceptors (Lipinski definition) is 0. The maximum absolute atomic E-state index is 3.77. The Balaban J connectivity index is -0.0000000494. The topological polar surface area (TPSA) is 0 Å². The van der Waals surface area contributed by atoms with Crippen LogP contribution in [0.25, 0.3) is 0 Å². The van der Waals surface area contributed by atoms with Gasteiger partial charge in [-0.25, -0.2) is 0 Å². The summed E-state index contributed by atoms with van der Waals surface area (Å²) in [6.45, 7) is 36.7. The Bertz CT molecular complexity index is 116. The first kappa shape index (κ1) is 32.8. The summed E-state index contributed by atoms with van der Waals surface area (Å²) in [5.74, 6) is 0. The van der Waals surface area contributed by atoms with Crippen LogP contribution in [0.15, 0.2) is 0 Å². The van der Waals surface area contributed by atoms with E-state index >= 15 is 0 Å². The Morgan fingerprint density at radius 3 is 0.500 bits per heavy atom. The van der Waals surface area contributed by atoms with E-state index in [-0.39, 0.29) is 34.8 Å². The summed E-state index contributed by atoms with van der Waals surface area (Å²) < 4.78 is 0. The molecule has 0 aliphatic heterocycles. The zero-order valence-corrected chi connectivity index (χ0v) is 18.8. The summed E-state index contributed by atoms with van der Waals surface area (Å²) in [5.41, 5.74) is 0.750. The van der Waals surface area contributed by atoms with Crippen LogP contribution in [0.5, 0.6) is 0 Å². The van der Waals surface area contributed by atoms with Crippen LogP contribution in [0.1, 0.15) is 62.3 Å². The summed E-state index contributed by atoms with van der Waals surface area (Å²) in [6.07, 6.45) is 0. The Kier molecular flexibility index (Phi) is 24.5. The first-order chi connectivity index (χ1) is 7.73. The van der Waals surface area contributed by atoms with Gasteiger partial charge in [-0.15, -0.1) is 7.92 Å². The standard InChI is InChI=1S/3C5H11.C3H9P.V/c3*1-5(2,3)4;1-4(2)3;/h3*1H2,2-4H3;1-3H3;/q3*-1;;. The quantitative estimate of drug-likeness (QED) is 0.330. The fourth-order valence-corrected chi connectivity index (χ4v) is 0. The molecule has 0 spiro atoms. The molecule has 0 aromatic heterocycles. The molecular formula is C18H42PV-3. The van der Waals surface area contributed by atoms with Crippen molar-refractivity contribution in [1.29, 1.82) is 0 Å². The zero-order valence-electron chi connectivity index (χ0n) is 16.5. The molecule has 0 N–H and O–H groups in total. The molecule has 127 valence electrons. The average molecular weight is 340 g/mol. The Hall–Kier alpha value is 1.01. The van der Waals surface area contributed by atoms with Crippen LogP contribution >= 0.6 is 7.92 Å². The van der Waals surface area contributed by atoms with Crippen molar-refractivity contribution < 1.29 is 18.6 Å². The van der Waals surface area contributed by atoms with E-state index < -0.39 is 0 Å². The molecule has 20 heavy (non-hydrogen) atoms. The third-order valence-corrected chi connectivity index (χ3v) is 0. The SMILES string of the molecule is CP(C)C.[CH2-]C(C)(C)C.[CH2-]C(C)(C)C.[CH2-]C(C)(C)C.[V]. The molecule has 0 aliphatic carbocycles. The Morgan fingerprint density at radius 2 is 0.500 bits per heavy atom. The summed E-state index contributed by atoms with van der Waals surface area (Å²) >= 11 is 0. The normalized spacial score (nSPS) is 10.8. The van der Waals surface area contributed by atoms with Gasteiger partial charge in [0.1, 0.15) is 0 Å². The van der Waals surface area contributed by atoms with Crippen LogP contribution < -0.4 is 0 Å². The van der Waals surface area contributed by atoms with E-state index in [0.717, 1.165) is 0 Å². The second-order valence-electron chi connectivity index (χ2n) is 9.02. The van der Waals surface area contributed by atoms with E-state index in [1.54, 1.807) is 0 Å². The van der Waals surface area contributed by atoms with E-state index in [0.29, 0.717) is 7.92 Å². The van der Waals surface area contributed by atoms with Crippen LogP contribution in [0.2, 0.25) is 0 Å². The van der Waals surface area contributed by atoms with Gasteiger partial charge in [0.05, 0.1) is 0 Å². The van der Waals surface area contributed by atoms with Crippen molar-refractivity contribution in [3.63, 3.8) is 0 Å². The van der Waals surface area contributed by atoms with E-state index in [2.05, 4.69) is 103 Å². The van der Waals surface area contributed by atoms with Gasteiger partial charge in [0.15, 0.2) is 0 Å². The molecule has 0 saturated heterocycles. The molecule has 0 nitrogen and oxygen atoms in total. The number of rotatable bonds is 0. The minimum Gasteiger partial charge on any atom is -0.338 e. The monoisotopic (exact) mass is 340 g/mol. The van der Waals surface area contributed by atoms with Crippen LogP contribution in [0.3, 0.4) is 0 Å². The van der Waals surface area contributed by atoms with Gasteiger partial charge in [-0.2, -0.15) is 16.2 Å². The molecule has 0 rings (SSSR count). The molecule has 0 fully saturated rings. The van der Waals surface area contributed by atoms with Gasteiger partial charge in [0.2, 0.25) is 0 Å². The average Bonchev–Trinajstić information content (AvgIpc) is 1.66. The maximum atomic E-state index is 3.77. The second kappa shape index (κ2) is 14.9. The predicted octanol–water partition coefficient (Wildman–Crippen LogP) is 6.95. The molecule has 2 heteroatoms. The van der Waals surface area contributed by atoms with E-state index in [4.69, 9.17) is 0 Å². The van der Waals surface area contributed by atoms with Gasteiger partial charge in [-0.1, -0.05) is 62.3 Å². The molecule has 1 radical (unpaired) electrons. The fourth-order valence-electron chi connectivity index (χ4n) is 0. The van der Waals surface area contributed by atoms with Crippen molar-refractivity contribution in [2.75, 3.05) is 20.0 Å². The Morgan fingerprint density at radius 1 is 0.500 bits per heavy atom. The van der Waals surface area contributed by atoms with Gasteiger partial charge in [-0.3, -0.25) is 0 Å². The van der Waals surface area contributed by atoms with Gasteiger partial charge in [0.25, 0.3) is 0 Å². The molecule has 0 atom stereocenters. The van der Waals surface area contributed by atoms with Gasteiger partial charge < -0.3 is 20.8 Å². The van der Waals surface area contributed by atoms with Crippen molar-refractivity contribution in [1.82, 2.24) is 0 Å². The van der Waals surface area contributed by atoms with Gasteiger partial charge in [-0.05, 0) is 20.0 Å². The van der Waals surface area contributed by atoms with Crippen molar-refractivity contribution >= 4 is 7.92 Å². The third-order valence-electron chi connectivity index (χ3n) is 0. The van der Waals surface area contributed by atoms with Crippen LogP contribution in [0.4, 0.5) is 0 Å². The summed E-state index contributed by atoms with van der Waals surface area (Å²) in [7, 11) is 0.380. The molecule has 0 aliphatic rings. The summed E-state index contributed by atoms with van der Waals surface area (Å²) in [6, 6.07) is 0. The van der Waals surface area contributed by atoms with E-state index in [9.17, 15) is 0 Å². The largest absolute Gasteiger partial charge is 0.338 e. The maximum Gasteiger partial charge on any atom is 0 e. The predicted molar refractivity (Wildman–Crippen MR) is 99.1 cm³/mol. The molecular weight excluding hydrogens is 298 g/mol. The van der Waals surface area contributed by atoms with Gasteiger partial charge in [0, 0.05) is 18.6 Å². The first-order valence-electron chi connectivity index (χ1n) is 6.90. The van der Waals surface area contributed by atoms with Crippen molar-refractivity contribution in [3.05, 3.63) is 20.8 Å². The molecule has 0 amide bonds. The van der Waals surface area contributed by atoms with Crippen molar-refractivity contribution in [3.8, 4) is 0 Å². The fraction of sp³-hybridized carbons (Fsp3) is 0.833. The van der Waals surface area contributed by atoms with E-state index in [1.807, 2.05) is 0 Å².